The van der Waals surface area contributed by atoms with E-state index in [2.05, 4.69) is 48.5 Å². The van der Waals surface area contributed by atoms with Gasteiger partial charge in [0.05, 0.1) is 66.6 Å². The minimum atomic E-state index is -1.55. The molecular formula is C40H67NaO11. The summed E-state index contributed by atoms with van der Waals surface area (Å²) in [6.45, 7) is 18.3. The van der Waals surface area contributed by atoms with Crippen molar-refractivity contribution in [2.24, 2.45) is 41.4 Å². The van der Waals surface area contributed by atoms with Gasteiger partial charge >= 0.3 is 29.6 Å². The summed E-state index contributed by atoms with van der Waals surface area (Å²) in [5, 5.41) is 32.7. The zero-order chi connectivity index (χ0) is 37.3. The van der Waals surface area contributed by atoms with E-state index in [0.717, 1.165) is 51.4 Å². The van der Waals surface area contributed by atoms with E-state index in [1.54, 1.807) is 14.0 Å². The van der Waals surface area contributed by atoms with E-state index in [4.69, 9.17) is 33.2 Å². The number of hydrogen-bond donors (Lipinski definition) is 2. The Morgan fingerprint density at radius 1 is 0.885 bits per heavy atom. The Morgan fingerprint density at radius 2 is 1.60 bits per heavy atom. The molecule has 7 unspecified atom stereocenters. The zero-order valence-corrected chi connectivity index (χ0v) is 35.8. The predicted octanol–water partition coefficient (Wildman–Crippen LogP) is 1.37. The average molecular weight is 747 g/mol. The van der Waals surface area contributed by atoms with Crippen molar-refractivity contribution in [3.8, 4) is 0 Å². The molecule has 6 heterocycles. The number of aliphatic carboxylic acids is 1. The third kappa shape index (κ3) is 7.85. The zero-order valence-electron chi connectivity index (χ0n) is 33.8. The van der Waals surface area contributed by atoms with Gasteiger partial charge in [0.15, 0.2) is 11.6 Å². The number of carbonyl (C=O) groups is 1. The van der Waals surface area contributed by atoms with Gasteiger partial charge in [0.1, 0.15) is 0 Å². The molecule has 52 heavy (non-hydrogen) atoms. The van der Waals surface area contributed by atoms with Crippen LogP contribution in [0, 0.1) is 41.4 Å². The molecule has 19 atom stereocenters. The van der Waals surface area contributed by atoms with Crippen molar-refractivity contribution >= 4 is 5.97 Å². The van der Waals surface area contributed by atoms with Crippen LogP contribution < -0.4 is 34.7 Å². The first-order chi connectivity index (χ1) is 23.9. The summed E-state index contributed by atoms with van der Waals surface area (Å²) in [5.41, 5.74) is -1.11. The van der Waals surface area contributed by atoms with E-state index in [1.807, 2.05) is 6.92 Å². The van der Waals surface area contributed by atoms with Gasteiger partial charge in [0, 0.05) is 49.6 Å². The van der Waals surface area contributed by atoms with Gasteiger partial charge in [0.2, 0.25) is 0 Å². The van der Waals surface area contributed by atoms with Crippen LogP contribution in [0.2, 0.25) is 0 Å². The summed E-state index contributed by atoms with van der Waals surface area (Å²) >= 11 is 0. The number of carboxylic acids is 1. The van der Waals surface area contributed by atoms with Gasteiger partial charge in [-0.15, -0.1) is 0 Å². The number of aliphatic hydroxyl groups is 2. The first kappa shape index (κ1) is 43.2. The Labute approximate surface area is 334 Å². The van der Waals surface area contributed by atoms with Crippen molar-refractivity contribution in [2.75, 3.05) is 13.7 Å². The number of rotatable bonds is 9. The van der Waals surface area contributed by atoms with Gasteiger partial charge in [-0.2, -0.15) is 0 Å². The number of carbonyl (C=O) groups excluding carboxylic acids is 1. The van der Waals surface area contributed by atoms with Crippen LogP contribution >= 0.6 is 0 Å². The number of aliphatic hydroxyl groups excluding tert-OH is 1. The van der Waals surface area contributed by atoms with Gasteiger partial charge in [0.25, 0.3) is 0 Å². The predicted molar refractivity (Wildman–Crippen MR) is 186 cm³/mol. The summed E-state index contributed by atoms with van der Waals surface area (Å²) in [6.07, 6.45) is 5.62. The smallest absolute Gasteiger partial charge is 0.550 e. The molecule has 6 fully saturated rings. The molecule has 0 aromatic rings. The van der Waals surface area contributed by atoms with Crippen LogP contribution in [0.15, 0.2) is 0 Å². The Balaban J connectivity index is 0.00000523. The molecule has 6 aliphatic heterocycles. The van der Waals surface area contributed by atoms with E-state index >= 15 is 0 Å². The standard InChI is InChI=1S/C40H68O11.Na/c1-21-11-12-28(46-33(21)26(6)36(42)43)17-29-18-30(45-10)27(7)40(48-29)25(5)19-38(9,51-40)32-13-14-37(8,49-32)35-23(3)16-31(47-35)34-22(2)15-24(4)39(44,20-41)50-34;/h21-35,41,44H,11-20H2,1-10H3,(H,42,43);/q;+1/p-1/t21-,22-,23-,24+,25?,26?,27+,28+,29+,30+,31+,32?,33?,34-,35?,37?,38?,39-,40+;/m0./s1. The van der Waals surface area contributed by atoms with Gasteiger partial charge < -0.3 is 53.3 Å². The molecule has 0 saturated carbocycles. The van der Waals surface area contributed by atoms with Crippen molar-refractivity contribution in [2.45, 2.75) is 192 Å². The molecule has 0 radical (unpaired) electrons. The van der Waals surface area contributed by atoms with Crippen LogP contribution in [0.5, 0.6) is 0 Å². The SMILES string of the molecule is CO[C@@H]1C[C@@H](C[C@H]2CC[C@H](C)C(C(C)C(=O)[O-])O2)O[C@]2(OC(C)(C3CCC(C)(C4O[C@@H]([C@H]5O[C@@](O)(CO)[C@H](C)C[C@@H]5C)C[C@@H]4C)O3)CC2C)[C@@H]1C.[Na+]. The molecule has 294 valence electrons. The maximum Gasteiger partial charge on any atom is 1.00 e. The van der Waals surface area contributed by atoms with Gasteiger partial charge in [-0.05, 0) is 76.5 Å². The summed E-state index contributed by atoms with van der Waals surface area (Å²) in [6, 6.07) is 0. The summed E-state index contributed by atoms with van der Waals surface area (Å²) in [5.74, 6) is -3.70. The topological polar surface area (TPSA) is 145 Å². The maximum atomic E-state index is 11.7. The van der Waals surface area contributed by atoms with E-state index < -0.39 is 41.3 Å². The van der Waals surface area contributed by atoms with Gasteiger partial charge in [-0.1, -0.05) is 48.5 Å². The minimum absolute atomic E-state index is 0. The molecule has 0 bridgehead atoms. The largest absolute Gasteiger partial charge is 1.00 e. The fourth-order valence-corrected chi connectivity index (χ4v) is 11.3. The first-order valence-corrected chi connectivity index (χ1v) is 20.0. The molecule has 0 aromatic heterocycles. The molecule has 1 spiro atoms. The Bertz CT molecular complexity index is 1240. The van der Waals surface area contributed by atoms with Crippen LogP contribution in [0.25, 0.3) is 0 Å². The fourth-order valence-electron chi connectivity index (χ4n) is 11.3. The molecule has 11 nitrogen and oxygen atoms in total. The van der Waals surface area contributed by atoms with E-state index in [-0.39, 0.29) is 114 Å². The fraction of sp³-hybridized carbons (Fsp3) is 0.975. The molecule has 6 saturated heterocycles. The molecule has 0 aliphatic carbocycles. The molecule has 6 rings (SSSR count). The van der Waals surface area contributed by atoms with Crippen LogP contribution in [0.3, 0.4) is 0 Å². The molecule has 12 heteroatoms. The van der Waals surface area contributed by atoms with E-state index in [0.29, 0.717) is 6.42 Å². The second-order valence-corrected chi connectivity index (χ2v) is 18.4. The number of carboxylic acid groups (broad SMARTS) is 1. The number of methoxy groups -OCH3 is 1. The maximum absolute atomic E-state index is 11.7. The van der Waals surface area contributed by atoms with Crippen molar-refractivity contribution < 1.29 is 82.8 Å². The van der Waals surface area contributed by atoms with Crippen LogP contribution in [-0.2, 0) is 38.0 Å². The third-order valence-electron chi connectivity index (χ3n) is 14.4. The van der Waals surface area contributed by atoms with E-state index in [1.165, 1.54) is 0 Å². The molecule has 0 aromatic carbocycles. The monoisotopic (exact) mass is 746 g/mol. The molecule has 6 aliphatic rings. The Morgan fingerprint density at radius 3 is 2.25 bits per heavy atom. The van der Waals surface area contributed by atoms with E-state index in [9.17, 15) is 20.1 Å². The van der Waals surface area contributed by atoms with Crippen LogP contribution in [0.1, 0.15) is 120 Å². The van der Waals surface area contributed by atoms with Crippen molar-refractivity contribution in [1.29, 1.82) is 0 Å². The van der Waals surface area contributed by atoms with Crippen LogP contribution in [-0.4, -0.2) is 102 Å². The second-order valence-electron chi connectivity index (χ2n) is 18.4. The van der Waals surface area contributed by atoms with Crippen molar-refractivity contribution in [3.05, 3.63) is 0 Å². The van der Waals surface area contributed by atoms with Gasteiger partial charge in [-0.25, -0.2) is 0 Å². The number of ether oxygens (including phenoxy) is 7. The average Bonchev–Trinajstić information content (AvgIpc) is 3.75. The normalized spacial score (nSPS) is 53.2. The van der Waals surface area contributed by atoms with Crippen LogP contribution in [0.4, 0.5) is 0 Å². The van der Waals surface area contributed by atoms with Crippen molar-refractivity contribution in [1.82, 2.24) is 0 Å². The van der Waals surface area contributed by atoms with Gasteiger partial charge in [-0.3, -0.25) is 0 Å². The Hall–Kier alpha value is 0.110. The Kier molecular flexibility index (Phi) is 13.4. The molecule has 0 amide bonds. The van der Waals surface area contributed by atoms with Crippen molar-refractivity contribution in [3.63, 3.8) is 0 Å². The second kappa shape index (κ2) is 16.2. The summed E-state index contributed by atoms with van der Waals surface area (Å²) in [7, 11) is 1.76. The number of hydrogen-bond acceptors (Lipinski definition) is 11. The first-order valence-electron chi connectivity index (χ1n) is 20.0. The third-order valence-corrected chi connectivity index (χ3v) is 14.4. The summed E-state index contributed by atoms with van der Waals surface area (Å²) < 4.78 is 46.9. The molecular weight excluding hydrogens is 679 g/mol. The summed E-state index contributed by atoms with van der Waals surface area (Å²) in [4.78, 5) is 11.7. The quantitative estimate of drug-likeness (QED) is 0.331. The molecule has 2 N–H and O–H groups in total. The minimum Gasteiger partial charge on any atom is -0.550 e.